The Hall–Kier alpha value is -1.16. The highest BCUT2D eigenvalue weighted by atomic mass is 16.5. The maximum atomic E-state index is 11.0. The predicted octanol–water partition coefficient (Wildman–Crippen LogP) is 4.59. The van der Waals surface area contributed by atoms with Crippen LogP contribution >= 0.6 is 0 Å². The van der Waals surface area contributed by atoms with Crippen molar-refractivity contribution in [3.05, 3.63) is 12.7 Å². The normalized spacial score (nSPS) is 13.7. The van der Waals surface area contributed by atoms with Gasteiger partial charge in [0.2, 0.25) is 0 Å². The Morgan fingerprint density at radius 3 is 1.91 bits per heavy atom. The fourth-order valence-electron chi connectivity index (χ4n) is 2.27. The summed E-state index contributed by atoms with van der Waals surface area (Å²) in [6.45, 7) is 7.59. The highest BCUT2D eigenvalue weighted by Gasteiger charge is 2.15. The summed E-state index contributed by atoms with van der Waals surface area (Å²) in [6.07, 6.45) is 13.1. The second-order valence-electron chi connectivity index (χ2n) is 5.65. The van der Waals surface area contributed by atoms with Gasteiger partial charge in [-0.15, -0.1) is 0 Å². The highest BCUT2D eigenvalue weighted by Crippen LogP contribution is 2.20. The summed E-state index contributed by atoms with van der Waals surface area (Å²) >= 11 is 0. The molecule has 0 heterocycles. The smallest absolute Gasteiger partial charge is 0.330 e. The SMILES string of the molecule is C=CC(=O)OC1CCCCC1.CCCCC(=O)CCCC.CO. The zero-order valence-electron chi connectivity index (χ0n) is 15.3. The van der Waals surface area contributed by atoms with Gasteiger partial charge in [0.05, 0.1) is 0 Å². The van der Waals surface area contributed by atoms with Crippen LogP contribution < -0.4 is 0 Å². The maximum Gasteiger partial charge on any atom is 0.330 e. The average molecular weight is 328 g/mol. The van der Waals surface area contributed by atoms with Crippen molar-refractivity contribution in [3.63, 3.8) is 0 Å². The van der Waals surface area contributed by atoms with Gasteiger partial charge in [-0.1, -0.05) is 39.7 Å². The van der Waals surface area contributed by atoms with E-state index in [1.807, 2.05) is 0 Å². The summed E-state index contributed by atoms with van der Waals surface area (Å²) in [6, 6.07) is 0. The Balaban J connectivity index is 0. The van der Waals surface area contributed by atoms with Crippen LogP contribution in [0.5, 0.6) is 0 Å². The number of rotatable bonds is 8. The van der Waals surface area contributed by atoms with E-state index in [1.165, 1.54) is 25.3 Å². The van der Waals surface area contributed by atoms with Crippen LogP contribution in [0.25, 0.3) is 0 Å². The van der Waals surface area contributed by atoms with E-state index in [4.69, 9.17) is 9.84 Å². The topological polar surface area (TPSA) is 63.6 Å². The second-order valence-corrected chi connectivity index (χ2v) is 5.65. The third-order valence-corrected chi connectivity index (χ3v) is 3.62. The summed E-state index contributed by atoms with van der Waals surface area (Å²) in [5, 5.41) is 7.00. The fourth-order valence-corrected chi connectivity index (χ4v) is 2.27. The van der Waals surface area contributed by atoms with Gasteiger partial charge < -0.3 is 9.84 Å². The van der Waals surface area contributed by atoms with Crippen LogP contribution in [0.15, 0.2) is 12.7 Å². The van der Waals surface area contributed by atoms with Crippen LogP contribution in [0, 0.1) is 0 Å². The molecule has 0 saturated heterocycles. The van der Waals surface area contributed by atoms with E-state index in [0.717, 1.165) is 58.5 Å². The van der Waals surface area contributed by atoms with Crippen molar-refractivity contribution >= 4 is 11.8 Å². The second kappa shape index (κ2) is 18.9. The molecule has 0 unspecified atom stereocenters. The molecule has 136 valence electrons. The molecule has 1 aliphatic rings. The van der Waals surface area contributed by atoms with E-state index in [0.29, 0.717) is 5.78 Å². The molecule has 4 heteroatoms. The van der Waals surface area contributed by atoms with Crippen LogP contribution in [0.3, 0.4) is 0 Å². The molecule has 1 aliphatic carbocycles. The highest BCUT2D eigenvalue weighted by molar-refractivity contribution is 5.81. The monoisotopic (exact) mass is 328 g/mol. The zero-order chi connectivity index (χ0) is 17.9. The summed E-state index contributed by atoms with van der Waals surface area (Å²) in [5.74, 6) is 0.167. The van der Waals surface area contributed by atoms with Crippen LogP contribution in [-0.4, -0.2) is 30.1 Å². The van der Waals surface area contributed by atoms with E-state index in [1.54, 1.807) is 0 Å². The molecule has 0 radical (unpaired) electrons. The Labute approximate surface area is 142 Å². The molecule has 1 fully saturated rings. The van der Waals surface area contributed by atoms with Gasteiger partial charge in [0.1, 0.15) is 11.9 Å². The molecule has 1 saturated carbocycles. The lowest BCUT2D eigenvalue weighted by Crippen LogP contribution is -2.19. The van der Waals surface area contributed by atoms with Gasteiger partial charge in [-0.2, -0.15) is 0 Å². The minimum Gasteiger partial charge on any atom is -0.459 e. The van der Waals surface area contributed by atoms with Gasteiger partial charge in [0.25, 0.3) is 0 Å². The van der Waals surface area contributed by atoms with Crippen molar-refractivity contribution in [3.8, 4) is 0 Å². The number of ketones is 1. The first-order valence-electron chi connectivity index (χ1n) is 8.93. The Kier molecular flexibility index (Phi) is 19.8. The predicted molar refractivity (Wildman–Crippen MR) is 95.4 cm³/mol. The van der Waals surface area contributed by atoms with Crippen LogP contribution in [0.2, 0.25) is 0 Å². The number of ether oxygens (including phenoxy) is 1. The van der Waals surface area contributed by atoms with Gasteiger partial charge >= 0.3 is 5.97 Å². The fraction of sp³-hybridized carbons (Fsp3) is 0.789. The molecule has 23 heavy (non-hydrogen) atoms. The molecule has 0 bridgehead atoms. The lowest BCUT2D eigenvalue weighted by atomic mass is 9.98. The van der Waals surface area contributed by atoms with Gasteiger partial charge in [-0.3, -0.25) is 4.79 Å². The molecule has 0 aromatic heterocycles. The minimum atomic E-state index is -0.281. The molecule has 0 aromatic carbocycles. The molecule has 0 amide bonds. The number of Topliss-reactive ketones (excluding diaryl/α,β-unsaturated/α-hetero) is 1. The number of hydrogen-bond donors (Lipinski definition) is 1. The summed E-state index contributed by atoms with van der Waals surface area (Å²) in [7, 11) is 1.00. The van der Waals surface area contributed by atoms with E-state index < -0.39 is 0 Å². The van der Waals surface area contributed by atoms with E-state index in [9.17, 15) is 9.59 Å². The van der Waals surface area contributed by atoms with Gasteiger partial charge in [-0.05, 0) is 38.5 Å². The number of aliphatic hydroxyl groups is 1. The van der Waals surface area contributed by atoms with Crippen molar-refractivity contribution in [1.29, 1.82) is 0 Å². The quantitative estimate of drug-likeness (QED) is 0.523. The van der Waals surface area contributed by atoms with Gasteiger partial charge in [0, 0.05) is 26.0 Å². The first-order chi connectivity index (χ1) is 11.1. The molecular weight excluding hydrogens is 292 g/mol. The van der Waals surface area contributed by atoms with Gasteiger partial charge in [-0.25, -0.2) is 4.79 Å². The largest absolute Gasteiger partial charge is 0.459 e. The minimum absolute atomic E-state index is 0.161. The standard InChI is InChI=1S/C9H14O2.C9H18O.CH4O/c1-2-9(10)11-8-6-4-3-5-7-8;1-3-5-7-9(10)8-6-4-2;1-2/h2,8H,1,3-7H2;3-8H2,1-2H3;2H,1H3. The average Bonchev–Trinajstić information content (AvgIpc) is 2.61. The molecule has 4 nitrogen and oxygen atoms in total. The van der Waals surface area contributed by atoms with Crippen molar-refractivity contribution in [2.45, 2.75) is 90.6 Å². The number of unbranched alkanes of at least 4 members (excludes halogenated alkanes) is 2. The van der Waals surface area contributed by atoms with Gasteiger partial charge in [0.15, 0.2) is 0 Å². The Bertz CT molecular complexity index is 284. The molecule has 0 spiro atoms. The first-order valence-corrected chi connectivity index (χ1v) is 8.93. The number of hydrogen-bond acceptors (Lipinski definition) is 4. The molecule has 1 rings (SSSR count). The molecule has 1 N–H and O–H groups in total. The van der Waals surface area contributed by atoms with Crippen molar-refractivity contribution in [2.24, 2.45) is 0 Å². The molecule has 0 aliphatic heterocycles. The number of aliphatic hydroxyl groups excluding tert-OH is 1. The van der Waals surface area contributed by atoms with E-state index in [-0.39, 0.29) is 12.1 Å². The third kappa shape index (κ3) is 17.0. The van der Waals surface area contributed by atoms with Crippen molar-refractivity contribution < 1.29 is 19.4 Å². The lowest BCUT2D eigenvalue weighted by molar-refractivity contribution is -0.144. The number of esters is 1. The third-order valence-electron chi connectivity index (χ3n) is 3.62. The molecule has 0 atom stereocenters. The molecule has 0 aromatic rings. The number of carbonyl (C=O) groups is 2. The zero-order valence-corrected chi connectivity index (χ0v) is 15.3. The van der Waals surface area contributed by atoms with Crippen molar-refractivity contribution in [2.75, 3.05) is 7.11 Å². The summed E-state index contributed by atoms with van der Waals surface area (Å²) in [5.41, 5.74) is 0. The van der Waals surface area contributed by atoms with Crippen LogP contribution in [0.4, 0.5) is 0 Å². The Morgan fingerprint density at radius 1 is 1.04 bits per heavy atom. The van der Waals surface area contributed by atoms with Crippen LogP contribution in [-0.2, 0) is 14.3 Å². The Morgan fingerprint density at radius 2 is 1.52 bits per heavy atom. The lowest BCUT2D eigenvalue weighted by Gasteiger charge is -2.20. The summed E-state index contributed by atoms with van der Waals surface area (Å²) in [4.78, 5) is 21.7. The maximum absolute atomic E-state index is 11.0. The van der Waals surface area contributed by atoms with Crippen LogP contribution in [0.1, 0.15) is 84.5 Å². The van der Waals surface area contributed by atoms with E-state index >= 15 is 0 Å². The number of carbonyl (C=O) groups excluding carboxylic acids is 2. The first kappa shape index (κ1) is 24.1. The van der Waals surface area contributed by atoms with Crippen molar-refractivity contribution in [1.82, 2.24) is 0 Å². The summed E-state index contributed by atoms with van der Waals surface area (Å²) < 4.78 is 5.08. The molecular formula is C19H36O4. The van der Waals surface area contributed by atoms with E-state index in [2.05, 4.69) is 20.4 Å².